The van der Waals surface area contributed by atoms with Crippen LogP contribution in [0.15, 0.2) is 6.33 Å². The van der Waals surface area contributed by atoms with E-state index in [1.165, 1.54) is 10.9 Å². The van der Waals surface area contributed by atoms with Crippen molar-refractivity contribution in [3.8, 4) is 0 Å². The van der Waals surface area contributed by atoms with Gasteiger partial charge in [0.15, 0.2) is 17.0 Å². The summed E-state index contributed by atoms with van der Waals surface area (Å²) in [7, 11) is -15.0. The summed E-state index contributed by atoms with van der Waals surface area (Å²) in [6, 6.07) is -0.791. The molecule has 2 saturated carbocycles. The number of phosphoric ester groups is 1. The van der Waals surface area contributed by atoms with Crippen LogP contribution in [0.2, 0.25) is 5.28 Å². The van der Waals surface area contributed by atoms with Crippen LogP contribution in [-0.2, 0) is 26.8 Å². The van der Waals surface area contributed by atoms with E-state index in [1.54, 1.807) is 7.05 Å². The van der Waals surface area contributed by atoms with Gasteiger partial charge in [0.2, 0.25) is 5.28 Å². The highest BCUT2D eigenvalue weighted by molar-refractivity contribution is 7.66. The van der Waals surface area contributed by atoms with Crippen LogP contribution in [0.3, 0.4) is 0 Å². The molecule has 34 heavy (non-hydrogen) atoms. The molecular formula is C13H19ClN5O12P3. The maximum Gasteiger partial charge on any atom is 0.490 e. The van der Waals surface area contributed by atoms with Crippen LogP contribution in [0.4, 0.5) is 5.82 Å². The van der Waals surface area contributed by atoms with Gasteiger partial charge in [-0.15, -0.1) is 0 Å². The molecule has 190 valence electrons. The second kappa shape index (κ2) is 8.53. The largest absolute Gasteiger partial charge is 0.490 e. The fraction of sp³-hybridized carbons (Fsp3) is 0.615. The number of halogens is 1. The van der Waals surface area contributed by atoms with E-state index in [-0.39, 0.29) is 17.4 Å². The second-order valence-corrected chi connectivity index (χ2v) is 12.5. The molecule has 0 amide bonds. The number of hydrogen-bond acceptors (Lipinski definition) is 12. The fourth-order valence-corrected chi connectivity index (χ4v) is 7.58. The summed E-state index contributed by atoms with van der Waals surface area (Å²) in [6.07, 6.45) is -1.25. The molecule has 0 aliphatic heterocycles. The summed E-state index contributed by atoms with van der Waals surface area (Å²) >= 11 is 5.96. The van der Waals surface area contributed by atoms with Crippen LogP contribution < -0.4 is 5.32 Å². The molecular weight excluding hydrogens is 547 g/mol. The van der Waals surface area contributed by atoms with Gasteiger partial charge in [0.1, 0.15) is 6.10 Å². The maximum absolute atomic E-state index is 12.1. The van der Waals surface area contributed by atoms with E-state index >= 15 is 0 Å². The SMILES string of the molecule is CNc1nc(Cl)nc2c1ncn2C1C(O)C(O)[C@@]2(COP(=O)(O)OP(=O)(O)OP(=O)(O)O)C[C@@H]12. The van der Waals surface area contributed by atoms with Crippen LogP contribution in [0.1, 0.15) is 12.5 Å². The van der Waals surface area contributed by atoms with Crippen LogP contribution in [0, 0.1) is 11.3 Å². The van der Waals surface area contributed by atoms with Gasteiger partial charge >= 0.3 is 23.5 Å². The third-order valence-electron chi connectivity index (χ3n) is 5.72. The summed E-state index contributed by atoms with van der Waals surface area (Å²) in [5, 5.41) is 24.1. The van der Waals surface area contributed by atoms with Gasteiger partial charge in [-0.05, 0) is 23.9 Å². The fourth-order valence-electron chi connectivity index (χ4n) is 4.31. The first kappa shape index (κ1) is 26.0. The molecule has 0 radical (unpaired) electrons. The lowest BCUT2D eigenvalue weighted by Gasteiger charge is -2.24. The number of aromatic nitrogens is 4. The molecule has 2 aliphatic carbocycles. The summed E-state index contributed by atoms with van der Waals surface area (Å²) in [5.74, 6) is -0.175. The molecule has 0 aromatic carbocycles. The molecule has 2 aliphatic rings. The zero-order valence-corrected chi connectivity index (χ0v) is 20.4. The summed E-state index contributed by atoms with van der Waals surface area (Å²) in [4.78, 5) is 48.5. The Bertz CT molecular complexity index is 1270. The molecule has 21 heteroatoms. The molecule has 7 atom stereocenters. The lowest BCUT2D eigenvalue weighted by Crippen LogP contribution is -2.35. The van der Waals surface area contributed by atoms with Crippen molar-refractivity contribution in [2.45, 2.75) is 24.7 Å². The van der Waals surface area contributed by atoms with Gasteiger partial charge in [0, 0.05) is 12.5 Å². The van der Waals surface area contributed by atoms with Crippen LogP contribution in [-0.4, -0.2) is 75.2 Å². The highest BCUT2D eigenvalue weighted by Crippen LogP contribution is 2.71. The van der Waals surface area contributed by atoms with Gasteiger partial charge < -0.3 is 39.7 Å². The number of fused-ring (bicyclic) bond motifs is 2. The number of hydrogen-bond donors (Lipinski definition) is 7. The number of aliphatic hydroxyl groups excluding tert-OH is 2. The lowest BCUT2D eigenvalue weighted by molar-refractivity contribution is -0.0297. The number of phosphoric acid groups is 3. The van der Waals surface area contributed by atoms with E-state index in [0.717, 1.165) is 0 Å². The Morgan fingerprint density at radius 2 is 1.85 bits per heavy atom. The molecule has 0 saturated heterocycles. The normalized spacial score (nSPS) is 32.2. The average molecular weight is 566 g/mol. The van der Waals surface area contributed by atoms with Gasteiger partial charge in [0.05, 0.1) is 25.1 Å². The number of nitrogens with one attached hydrogen (secondary N) is 1. The smallest absolute Gasteiger partial charge is 0.390 e. The van der Waals surface area contributed by atoms with Crippen molar-refractivity contribution in [1.29, 1.82) is 0 Å². The molecule has 0 spiro atoms. The Labute approximate surface area is 195 Å². The van der Waals surface area contributed by atoms with Crippen LogP contribution in [0.5, 0.6) is 0 Å². The Balaban J connectivity index is 1.53. The summed E-state index contributed by atoms with van der Waals surface area (Å²) in [6.45, 7) is -0.708. The number of anilines is 1. The van der Waals surface area contributed by atoms with Gasteiger partial charge in [-0.2, -0.15) is 18.6 Å². The van der Waals surface area contributed by atoms with Crippen molar-refractivity contribution in [3.05, 3.63) is 11.6 Å². The van der Waals surface area contributed by atoms with E-state index in [1.807, 2.05) is 0 Å². The van der Waals surface area contributed by atoms with Crippen LogP contribution in [0.25, 0.3) is 11.2 Å². The predicted molar refractivity (Wildman–Crippen MR) is 111 cm³/mol. The van der Waals surface area contributed by atoms with Gasteiger partial charge in [-0.25, -0.2) is 18.7 Å². The predicted octanol–water partition coefficient (Wildman–Crippen LogP) is 0.147. The zero-order valence-electron chi connectivity index (χ0n) is 16.9. The van der Waals surface area contributed by atoms with E-state index < -0.39 is 59.7 Å². The Kier molecular flexibility index (Phi) is 6.53. The minimum Gasteiger partial charge on any atom is -0.390 e. The van der Waals surface area contributed by atoms with E-state index in [0.29, 0.717) is 11.3 Å². The third-order valence-corrected chi connectivity index (χ3v) is 9.67. The first-order valence-electron chi connectivity index (χ1n) is 9.31. The maximum atomic E-state index is 12.1. The van der Waals surface area contributed by atoms with Gasteiger partial charge in [-0.3, -0.25) is 4.52 Å². The van der Waals surface area contributed by atoms with Crippen molar-refractivity contribution in [2.24, 2.45) is 11.3 Å². The average Bonchev–Trinajstić information content (AvgIpc) is 3.19. The van der Waals surface area contributed by atoms with Crippen molar-refractivity contribution in [3.63, 3.8) is 0 Å². The first-order valence-corrected chi connectivity index (χ1v) is 14.2. The van der Waals surface area contributed by atoms with E-state index in [2.05, 4.69) is 28.9 Å². The highest BCUT2D eigenvalue weighted by Gasteiger charge is 2.72. The number of imidazole rings is 1. The second-order valence-electron chi connectivity index (χ2n) is 7.75. The quantitative estimate of drug-likeness (QED) is 0.158. The topological polar surface area (TPSA) is 256 Å². The Morgan fingerprint density at radius 1 is 1.18 bits per heavy atom. The molecule has 2 aromatic heterocycles. The van der Waals surface area contributed by atoms with E-state index in [9.17, 15) is 33.7 Å². The van der Waals surface area contributed by atoms with Crippen molar-refractivity contribution >= 4 is 52.1 Å². The first-order chi connectivity index (χ1) is 15.6. The van der Waals surface area contributed by atoms with Gasteiger partial charge in [-0.1, -0.05) is 0 Å². The summed E-state index contributed by atoms with van der Waals surface area (Å²) < 4.78 is 47.8. The number of nitrogens with zero attached hydrogens (tertiary/aromatic N) is 4. The molecule has 5 unspecified atom stereocenters. The molecule has 4 rings (SSSR count). The minimum absolute atomic E-state index is 0.0960. The minimum atomic E-state index is -5.68. The van der Waals surface area contributed by atoms with Crippen LogP contribution >= 0.6 is 35.1 Å². The van der Waals surface area contributed by atoms with Crippen molar-refractivity contribution < 1.29 is 56.6 Å². The standard InChI is InChI=1S/C13H19ClN5O12P3/c1-15-10-6-11(18-12(14)17-10)19(4-16-6)7-5-2-13(5,9(21)8(7)20)3-29-33(25,26)31-34(27,28)30-32(22,23)24/h4-5,7-9,20-21H,2-3H2,1H3,(H,25,26)(H,27,28)(H,15,17,18)(H2,22,23,24)/t5-,7?,8?,9?,13+/m0/s1. The van der Waals surface area contributed by atoms with E-state index in [4.69, 9.17) is 25.9 Å². The van der Waals surface area contributed by atoms with Crippen molar-refractivity contribution in [1.82, 2.24) is 19.5 Å². The molecule has 2 heterocycles. The van der Waals surface area contributed by atoms with Gasteiger partial charge in [0.25, 0.3) is 0 Å². The van der Waals surface area contributed by atoms with Crippen molar-refractivity contribution in [2.75, 3.05) is 19.0 Å². The molecule has 2 fully saturated rings. The number of rotatable bonds is 9. The monoisotopic (exact) mass is 565 g/mol. The Morgan fingerprint density at radius 3 is 2.47 bits per heavy atom. The third kappa shape index (κ3) is 4.82. The molecule has 17 nitrogen and oxygen atoms in total. The Hall–Kier alpha value is -1.03. The molecule has 2 aromatic rings. The number of aliphatic hydroxyl groups is 2. The highest BCUT2D eigenvalue weighted by atomic mass is 35.5. The summed E-state index contributed by atoms with van der Waals surface area (Å²) in [5.41, 5.74) is -0.634. The zero-order chi connectivity index (χ0) is 25.3. The molecule has 0 bridgehead atoms. The molecule has 7 N–H and O–H groups in total. The lowest BCUT2D eigenvalue weighted by atomic mass is 10.0.